The summed E-state index contributed by atoms with van der Waals surface area (Å²) in [4.78, 5) is 23.6. The minimum Gasteiger partial charge on any atom is -0.466 e. The molecule has 5 nitrogen and oxygen atoms in total. The number of ketones is 1. The smallest absolute Gasteiger partial charge is 0.330 e. The lowest BCUT2D eigenvalue weighted by Gasteiger charge is -2.35. The van der Waals surface area contributed by atoms with Crippen molar-refractivity contribution in [2.75, 3.05) is 7.11 Å². The van der Waals surface area contributed by atoms with E-state index >= 15 is 0 Å². The Balaban J connectivity index is 2.44. The van der Waals surface area contributed by atoms with Crippen molar-refractivity contribution in [3.05, 3.63) is 12.2 Å². The van der Waals surface area contributed by atoms with E-state index in [1.54, 1.807) is 13.0 Å². The summed E-state index contributed by atoms with van der Waals surface area (Å²) in [5.74, 6) is -1.45. The van der Waals surface area contributed by atoms with Crippen LogP contribution in [0, 0.1) is 5.92 Å². The topological polar surface area (TPSA) is 61.8 Å². The number of Topliss-reactive ketones (excluding diaryl/α,β-unsaturated/α-hetero) is 1. The van der Waals surface area contributed by atoms with Gasteiger partial charge in [0.05, 0.1) is 19.1 Å². The summed E-state index contributed by atoms with van der Waals surface area (Å²) in [6.45, 7) is 5.26. The average Bonchev–Trinajstić information content (AvgIpc) is 2.55. The van der Waals surface area contributed by atoms with Crippen LogP contribution in [0.3, 0.4) is 0 Å². The summed E-state index contributed by atoms with van der Waals surface area (Å²) in [6.07, 6.45) is 6.32. The first-order chi connectivity index (χ1) is 9.81. The Morgan fingerprint density at radius 1 is 1.24 bits per heavy atom. The molecule has 5 heteroatoms. The third-order valence-corrected chi connectivity index (χ3v) is 4.28. The molecule has 2 rings (SSSR count). The molecule has 0 aromatic heterocycles. The van der Waals surface area contributed by atoms with Gasteiger partial charge < -0.3 is 14.2 Å². The molecular formula is C16H24O5. The molecule has 0 unspecified atom stereocenters. The monoisotopic (exact) mass is 296 g/mol. The van der Waals surface area contributed by atoms with E-state index in [4.69, 9.17) is 9.47 Å². The quantitative estimate of drug-likeness (QED) is 0.591. The third-order valence-electron chi connectivity index (χ3n) is 4.28. The van der Waals surface area contributed by atoms with Gasteiger partial charge in [-0.05, 0) is 39.7 Å². The second-order valence-electron chi connectivity index (χ2n) is 6.27. The fourth-order valence-corrected chi connectivity index (χ4v) is 3.48. The summed E-state index contributed by atoms with van der Waals surface area (Å²) in [6, 6.07) is 0. The van der Waals surface area contributed by atoms with E-state index in [0.29, 0.717) is 0 Å². The normalized spacial score (nSPS) is 35.2. The summed E-state index contributed by atoms with van der Waals surface area (Å²) < 4.78 is 16.8. The van der Waals surface area contributed by atoms with E-state index < -0.39 is 17.4 Å². The zero-order chi connectivity index (χ0) is 15.7. The molecule has 2 fully saturated rings. The molecule has 3 atom stereocenters. The third kappa shape index (κ3) is 3.19. The van der Waals surface area contributed by atoms with Crippen LogP contribution in [0.2, 0.25) is 0 Å². The number of hydrogen-bond acceptors (Lipinski definition) is 5. The number of fused-ring (bicyclic) bond motifs is 1. The Labute approximate surface area is 125 Å². The maximum atomic E-state index is 12.1. The largest absolute Gasteiger partial charge is 0.466 e. The number of ether oxygens (including phenoxy) is 3. The van der Waals surface area contributed by atoms with Crippen LogP contribution in [0.1, 0.15) is 46.5 Å². The van der Waals surface area contributed by atoms with Crippen molar-refractivity contribution in [2.45, 2.75) is 63.9 Å². The summed E-state index contributed by atoms with van der Waals surface area (Å²) in [5.41, 5.74) is -0.875. The van der Waals surface area contributed by atoms with Gasteiger partial charge in [0.2, 0.25) is 0 Å². The number of hydrogen-bond donors (Lipinski definition) is 0. The van der Waals surface area contributed by atoms with Gasteiger partial charge in [-0.15, -0.1) is 0 Å². The van der Waals surface area contributed by atoms with Crippen LogP contribution >= 0.6 is 0 Å². The van der Waals surface area contributed by atoms with Crippen molar-refractivity contribution in [3.63, 3.8) is 0 Å². The molecule has 0 aromatic rings. The molecule has 0 spiro atoms. The van der Waals surface area contributed by atoms with Gasteiger partial charge in [-0.3, -0.25) is 4.79 Å². The molecule has 0 radical (unpaired) electrons. The summed E-state index contributed by atoms with van der Waals surface area (Å²) in [5, 5.41) is 0. The minimum absolute atomic E-state index is 0.0673. The van der Waals surface area contributed by atoms with Crippen LogP contribution in [0.25, 0.3) is 0 Å². The highest BCUT2D eigenvalue weighted by molar-refractivity contribution is 5.83. The van der Waals surface area contributed by atoms with Crippen molar-refractivity contribution in [3.8, 4) is 0 Å². The predicted octanol–water partition coefficient (Wildman–Crippen LogP) is 2.39. The van der Waals surface area contributed by atoms with Gasteiger partial charge in [0.1, 0.15) is 11.4 Å². The standard InChI is InChI=1S/C16H24O5/c1-11(17)12-7-5-6-8-13-16(12,10-9-14(18)19-4)21-15(2,3)20-13/h9-10,12-13H,5-8H2,1-4H3/t12-,13+,16-/m0/s1. The number of carbonyl (C=O) groups excluding carboxylic acids is 2. The van der Waals surface area contributed by atoms with Gasteiger partial charge in [-0.2, -0.15) is 0 Å². The lowest BCUT2D eigenvalue weighted by molar-refractivity contribution is -0.167. The van der Waals surface area contributed by atoms with Gasteiger partial charge in [-0.25, -0.2) is 4.79 Å². The summed E-state index contributed by atoms with van der Waals surface area (Å²) in [7, 11) is 1.33. The van der Waals surface area contributed by atoms with Gasteiger partial charge in [0, 0.05) is 6.08 Å². The summed E-state index contributed by atoms with van der Waals surface area (Å²) >= 11 is 0. The van der Waals surface area contributed by atoms with Crippen molar-refractivity contribution in [1.29, 1.82) is 0 Å². The van der Waals surface area contributed by atoms with E-state index in [1.165, 1.54) is 13.2 Å². The molecule has 0 N–H and O–H groups in total. The van der Waals surface area contributed by atoms with Crippen LogP contribution in [0.15, 0.2) is 12.2 Å². The second-order valence-corrected chi connectivity index (χ2v) is 6.27. The molecule has 0 aromatic carbocycles. The molecule has 0 amide bonds. The van der Waals surface area contributed by atoms with E-state index in [9.17, 15) is 9.59 Å². The minimum atomic E-state index is -0.875. The fraction of sp³-hybridized carbons (Fsp3) is 0.750. The first kappa shape index (κ1) is 16.2. The zero-order valence-electron chi connectivity index (χ0n) is 13.2. The Kier molecular flexibility index (Phi) is 4.54. The number of rotatable bonds is 3. The van der Waals surface area contributed by atoms with Crippen molar-refractivity contribution in [1.82, 2.24) is 0 Å². The molecule has 118 valence electrons. The SMILES string of the molecule is COC(=O)C=C[C@@]12OC(C)(C)O[C@@H]1CCCC[C@H]2C(C)=O. The van der Waals surface area contributed by atoms with Crippen LogP contribution in [-0.4, -0.2) is 36.4 Å². The Hall–Kier alpha value is -1.20. The van der Waals surface area contributed by atoms with Crippen molar-refractivity contribution >= 4 is 11.8 Å². The Morgan fingerprint density at radius 2 is 1.90 bits per heavy atom. The van der Waals surface area contributed by atoms with E-state index in [-0.39, 0.29) is 17.8 Å². The number of methoxy groups -OCH3 is 1. The first-order valence-electron chi connectivity index (χ1n) is 7.46. The zero-order valence-corrected chi connectivity index (χ0v) is 13.2. The number of esters is 1. The van der Waals surface area contributed by atoms with Gasteiger partial charge in [0.15, 0.2) is 5.79 Å². The fourth-order valence-electron chi connectivity index (χ4n) is 3.48. The van der Waals surface area contributed by atoms with Crippen LogP contribution in [0.4, 0.5) is 0 Å². The highest BCUT2D eigenvalue weighted by Crippen LogP contribution is 2.48. The molecule has 1 aliphatic heterocycles. The van der Waals surface area contributed by atoms with E-state index in [2.05, 4.69) is 4.74 Å². The molecule has 0 bridgehead atoms. The molecular weight excluding hydrogens is 272 g/mol. The molecule has 21 heavy (non-hydrogen) atoms. The lowest BCUT2D eigenvalue weighted by atomic mass is 9.78. The molecule has 1 saturated heterocycles. The number of carbonyl (C=O) groups is 2. The second kappa shape index (κ2) is 5.89. The molecule has 1 saturated carbocycles. The Morgan fingerprint density at radius 3 is 2.52 bits per heavy atom. The van der Waals surface area contributed by atoms with Gasteiger partial charge in [0.25, 0.3) is 0 Å². The molecule has 1 aliphatic carbocycles. The van der Waals surface area contributed by atoms with Crippen LogP contribution < -0.4 is 0 Å². The van der Waals surface area contributed by atoms with Crippen LogP contribution in [-0.2, 0) is 23.8 Å². The highest BCUT2D eigenvalue weighted by Gasteiger charge is 2.57. The maximum Gasteiger partial charge on any atom is 0.330 e. The Bertz CT molecular complexity index is 454. The highest BCUT2D eigenvalue weighted by atomic mass is 16.8. The van der Waals surface area contributed by atoms with Crippen LogP contribution in [0.5, 0.6) is 0 Å². The first-order valence-corrected chi connectivity index (χ1v) is 7.46. The van der Waals surface area contributed by atoms with Gasteiger partial charge >= 0.3 is 5.97 Å². The van der Waals surface area contributed by atoms with E-state index in [0.717, 1.165) is 25.7 Å². The van der Waals surface area contributed by atoms with Crippen molar-refractivity contribution in [2.24, 2.45) is 5.92 Å². The van der Waals surface area contributed by atoms with Gasteiger partial charge in [-0.1, -0.05) is 12.8 Å². The molecule has 1 heterocycles. The van der Waals surface area contributed by atoms with E-state index in [1.807, 2.05) is 13.8 Å². The lowest BCUT2D eigenvalue weighted by Crippen LogP contribution is -2.47. The van der Waals surface area contributed by atoms with Crippen molar-refractivity contribution < 1.29 is 23.8 Å². The molecule has 2 aliphatic rings. The predicted molar refractivity (Wildman–Crippen MR) is 76.6 cm³/mol. The average molecular weight is 296 g/mol. The maximum absolute atomic E-state index is 12.1.